The maximum atomic E-state index is 15.4. The normalized spacial score (nSPS) is 15.6. The van der Waals surface area contributed by atoms with E-state index in [4.69, 9.17) is 33.2 Å². The molecule has 6 aromatic carbocycles. The molecule has 0 aliphatic carbocycles. The fourth-order valence-corrected chi connectivity index (χ4v) is 14.2. The van der Waals surface area contributed by atoms with Crippen LogP contribution in [0.4, 0.5) is 0 Å². The molecule has 11 amide bonds. The fourth-order valence-electron chi connectivity index (χ4n) is 14.1. The maximum absolute atomic E-state index is 15.4. The van der Waals surface area contributed by atoms with Gasteiger partial charge in [0.15, 0.2) is 5.96 Å². The first-order valence-corrected chi connectivity index (χ1v) is 40.8. The lowest BCUT2D eigenvalue weighted by Gasteiger charge is -2.31. The number of likely N-dealkylation sites (tertiary alicyclic amines) is 1. The molecule has 36 heteroatoms. The molecule has 0 unspecified atom stereocenters. The van der Waals surface area contributed by atoms with Crippen molar-refractivity contribution in [1.82, 2.24) is 67.9 Å². The highest BCUT2D eigenvalue weighted by molar-refractivity contribution is 6.30. The second-order valence-corrected chi connectivity index (χ2v) is 31.2. The lowest BCUT2D eigenvalue weighted by atomic mass is 9.99. The number of ether oxygens (including phenoxy) is 1. The van der Waals surface area contributed by atoms with Crippen LogP contribution in [0.3, 0.4) is 0 Å². The smallest absolute Gasteiger partial charge is 0.335 e. The van der Waals surface area contributed by atoms with Gasteiger partial charge in [0.2, 0.25) is 65.0 Å². The van der Waals surface area contributed by atoms with Crippen LogP contribution in [0.25, 0.3) is 10.8 Å². The van der Waals surface area contributed by atoms with Gasteiger partial charge in [0, 0.05) is 82.9 Å². The van der Waals surface area contributed by atoms with Gasteiger partial charge in [-0.2, -0.15) is 0 Å². The van der Waals surface area contributed by atoms with E-state index in [1.165, 1.54) is 41.0 Å². The Morgan fingerprint density at radius 2 is 0.959 bits per heavy atom. The molecule has 0 bridgehead atoms. The zero-order valence-corrected chi connectivity index (χ0v) is 69.0. The van der Waals surface area contributed by atoms with Gasteiger partial charge in [-0.1, -0.05) is 147 Å². The Hall–Kier alpha value is -12.4. The third-order valence-electron chi connectivity index (χ3n) is 20.7. The van der Waals surface area contributed by atoms with Crippen molar-refractivity contribution in [1.29, 1.82) is 5.41 Å². The molecule has 654 valence electrons. The van der Waals surface area contributed by atoms with Crippen molar-refractivity contribution in [3.8, 4) is 0 Å². The molecule has 0 spiro atoms. The molecule has 8 rings (SSSR count). The van der Waals surface area contributed by atoms with Crippen molar-refractivity contribution in [3.63, 3.8) is 0 Å². The lowest BCUT2D eigenvalue weighted by molar-refractivity contribution is -0.142. The number of carbonyl (C=O) groups is 14. The summed E-state index contributed by atoms with van der Waals surface area (Å²) in [4.78, 5) is 201. The van der Waals surface area contributed by atoms with E-state index in [2.05, 4.69) is 58.1 Å². The maximum Gasteiger partial charge on any atom is 0.335 e. The molecule has 2 saturated heterocycles. The van der Waals surface area contributed by atoms with E-state index in [9.17, 15) is 58.8 Å². The summed E-state index contributed by atoms with van der Waals surface area (Å²) >= 11 is 6.31. The molecule has 35 nitrogen and oxygen atoms in total. The van der Waals surface area contributed by atoms with E-state index >= 15 is 28.8 Å². The number of aliphatic carboxylic acids is 2. The van der Waals surface area contributed by atoms with Crippen LogP contribution in [0.1, 0.15) is 109 Å². The molecule has 122 heavy (non-hydrogen) atoms. The number of carboxylic acids is 3. The van der Waals surface area contributed by atoms with Gasteiger partial charge in [0.05, 0.1) is 44.8 Å². The van der Waals surface area contributed by atoms with Gasteiger partial charge in [-0.3, -0.25) is 77.5 Å². The molecule has 2 aliphatic rings. The second kappa shape index (κ2) is 47.5. The molecule has 10 atom stereocenters. The van der Waals surface area contributed by atoms with Gasteiger partial charge in [0.1, 0.15) is 60.4 Å². The molecular formula is C86H109ClN16O19. The Kier molecular flexibility index (Phi) is 37.0. The Morgan fingerprint density at radius 1 is 0.516 bits per heavy atom. The molecule has 19 N–H and O–H groups in total. The van der Waals surface area contributed by atoms with Crippen molar-refractivity contribution in [2.24, 2.45) is 17.4 Å². The number of hydrogen-bond donors (Lipinski definition) is 17. The van der Waals surface area contributed by atoms with Crippen LogP contribution in [0, 0.1) is 11.3 Å². The standard InChI is InChI=1S/C86H109ClN16O19/c1-51(2)41-64(76(111)94-63(15-9-33-91-86(89)90)84(119)103-34-10-16-71(103)83(118)92-52(3)75(88)110)95-78(113)67(44-54-17-19-57(20-18-54)48-102-37-39-122-40-38-102)98-80(115)69(45-55-21-27-60(28-22-55)85(120)121)99-82(117)70(50-104)100-81(116)66(43-53-11-5-4-6-12-53)97-79(114)68(46-56-24-29-62(87)30-25-56)96-77(112)65(47-58-23-26-59-13-7-8-14-61(59)42-58)93-72(105)49-101(35-31-73(106)107)36-32-74(108)109/h4-8,11-14,17-30,42,51-52,63-71,104H,9-10,15-16,31-41,43-50H2,1-3H3,(H2,88,110)(H,92,118)(H,93,105)(H,94,111)(H,95,113)(H,96,112)(H,97,114)(H,98,115)(H,99,117)(H,100,116)(H,106,107)(H,108,109)(H,120,121)(H4,89,90,91)/t52-,63+,64+,65-,66-,67-,68-,69+,70+,71+/m1/s1. The lowest BCUT2D eigenvalue weighted by Crippen LogP contribution is -2.62. The Bertz CT molecular complexity index is 4620. The molecule has 0 radical (unpaired) electrons. The van der Waals surface area contributed by atoms with E-state index in [-0.39, 0.29) is 101 Å². The molecule has 6 aromatic rings. The Balaban J connectivity index is 1.09. The van der Waals surface area contributed by atoms with Gasteiger partial charge < -0.3 is 94.7 Å². The quantitative estimate of drug-likeness (QED) is 0.0144. The molecular weight excluding hydrogens is 1600 g/mol. The summed E-state index contributed by atoms with van der Waals surface area (Å²) in [5.41, 5.74) is 14.1. The van der Waals surface area contributed by atoms with Crippen LogP contribution in [-0.4, -0.2) is 250 Å². The summed E-state index contributed by atoms with van der Waals surface area (Å²) in [6, 6.07) is 25.0. The largest absolute Gasteiger partial charge is 0.481 e. The average molecular weight is 1710 g/mol. The van der Waals surface area contributed by atoms with E-state index < -0.39 is 176 Å². The van der Waals surface area contributed by atoms with Crippen LogP contribution >= 0.6 is 11.6 Å². The number of nitrogens with one attached hydrogen (secondary N) is 11. The zero-order valence-electron chi connectivity index (χ0n) is 68.3. The van der Waals surface area contributed by atoms with Gasteiger partial charge in [-0.15, -0.1) is 0 Å². The number of amides is 11. The summed E-state index contributed by atoms with van der Waals surface area (Å²) in [7, 11) is 0. The summed E-state index contributed by atoms with van der Waals surface area (Å²) in [6.45, 7) is 6.06. The number of benzene rings is 6. The summed E-state index contributed by atoms with van der Waals surface area (Å²) in [5.74, 6) is -14.2. The number of aliphatic hydroxyl groups excluding tert-OH is 1. The van der Waals surface area contributed by atoms with Gasteiger partial charge in [-0.05, 0) is 113 Å². The average Bonchev–Trinajstić information content (AvgIpc) is 1.69. The fraction of sp³-hybridized carbons (Fsp3) is 0.430. The highest BCUT2D eigenvalue weighted by Crippen LogP contribution is 2.23. The Morgan fingerprint density at radius 3 is 1.47 bits per heavy atom. The predicted molar refractivity (Wildman–Crippen MR) is 450 cm³/mol. The predicted octanol–water partition coefficient (Wildman–Crippen LogP) is 0.949. The second-order valence-electron chi connectivity index (χ2n) is 30.8. The number of guanidine groups is 1. The van der Waals surface area contributed by atoms with E-state index in [0.29, 0.717) is 66.5 Å². The van der Waals surface area contributed by atoms with Gasteiger partial charge in [0.25, 0.3) is 0 Å². The van der Waals surface area contributed by atoms with Crippen molar-refractivity contribution in [3.05, 3.63) is 190 Å². The molecule has 2 fully saturated rings. The minimum atomic E-state index is -1.93. The number of nitrogens with zero attached hydrogens (tertiary/aromatic N) is 3. The third-order valence-corrected chi connectivity index (χ3v) is 21.0. The number of aliphatic hydroxyl groups is 1. The van der Waals surface area contributed by atoms with Crippen LogP contribution in [-0.2, 0) is 106 Å². The van der Waals surface area contributed by atoms with Crippen LogP contribution in [0.15, 0.2) is 146 Å². The molecule has 0 aromatic heterocycles. The summed E-state index contributed by atoms with van der Waals surface area (Å²) in [5, 5.41) is 76.6. The van der Waals surface area contributed by atoms with E-state index in [0.717, 1.165) is 16.3 Å². The first-order valence-electron chi connectivity index (χ1n) is 40.4. The number of carboxylic acid groups (broad SMARTS) is 3. The van der Waals surface area contributed by atoms with Crippen molar-refractivity contribution in [2.75, 3.05) is 65.6 Å². The van der Waals surface area contributed by atoms with Crippen LogP contribution in [0.5, 0.6) is 0 Å². The zero-order chi connectivity index (χ0) is 88.5. The van der Waals surface area contributed by atoms with Crippen molar-refractivity contribution >= 4 is 111 Å². The number of fused-ring (bicyclic) bond motifs is 1. The number of primary amides is 1. The number of aromatic carboxylic acids is 1. The van der Waals surface area contributed by atoms with Crippen molar-refractivity contribution in [2.45, 2.75) is 165 Å². The summed E-state index contributed by atoms with van der Waals surface area (Å²) < 4.78 is 5.54. The Labute approximate surface area is 710 Å². The third kappa shape index (κ3) is 31.0. The van der Waals surface area contributed by atoms with E-state index in [1.54, 1.807) is 92.7 Å². The molecule has 2 heterocycles. The minimum absolute atomic E-state index is 0.0354. The number of hydrogen-bond acceptors (Lipinski definition) is 19. The number of halogens is 1. The highest BCUT2D eigenvalue weighted by Gasteiger charge is 2.41. The molecule has 0 saturated carbocycles. The van der Waals surface area contributed by atoms with Crippen LogP contribution < -0.4 is 64.6 Å². The van der Waals surface area contributed by atoms with Crippen LogP contribution in [0.2, 0.25) is 5.02 Å². The first kappa shape index (κ1) is 95.0. The monoisotopic (exact) mass is 1700 g/mol. The number of nitrogens with two attached hydrogens (primary N) is 2. The van der Waals surface area contributed by atoms with E-state index in [1.807, 2.05) is 42.5 Å². The summed E-state index contributed by atoms with van der Waals surface area (Å²) in [6.07, 6.45) is -1.58. The topological polar surface area (TPSA) is 535 Å². The van der Waals surface area contributed by atoms with Gasteiger partial charge >= 0.3 is 17.9 Å². The number of rotatable bonds is 47. The first-order chi connectivity index (χ1) is 58.3. The minimum Gasteiger partial charge on any atom is -0.481 e. The molecule has 2 aliphatic heterocycles. The van der Waals surface area contributed by atoms with Gasteiger partial charge in [-0.25, -0.2) is 4.79 Å². The number of carbonyl (C=O) groups excluding carboxylic acids is 11. The highest BCUT2D eigenvalue weighted by atomic mass is 35.5. The number of morpholine rings is 1. The SMILES string of the molecule is CC(C)C[C@H](NC(=O)[C@@H](Cc1ccc(CN2CCOCC2)cc1)NC(=O)[C@H](Cc1ccc(C(=O)O)cc1)NC(=O)[C@H](CO)NC(=O)[C@@H](Cc1ccccc1)NC(=O)[C@@H](Cc1ccc(Cl)cc1)NC(=O)[C@@H](Cc1ccc2ccccc2c1)NC(=O)CN(CCC(=O)O)CCC(=O)O)C(=O)N[C@@H](CCCNC(=N)N)C(=O)N1CCC[C@H]1C(=O)N[C@H](C)C(N)=O. The van der Waals surface area contributed by atoms with Crippen molar-refractivity contribution < 1.29 is 92.3 Å².